The van der Waals surface area contributed by atoms with Crippen molar-refractivity contribution >= 4 is 10.0 Å². The summed E-state index contributed by atoms with van der Waals surface area (Å²) in [6.45, 7) is 5.56. The maximum absolute atomic E-state index is 12.0. The van der Waals surface area contributed by atoms with Crippen LogP contribution in [0.15, 0.2) is 15.4 Å². The third-order valence-corrected chi connectivity index (χ3v) is 3.91. The van der Waals surface area contributed by atoms with Crippen LogP contribution in [-0.4, -0.2) is 32.8 Å². The first-order chi connectivity index (χ1) is 8.40. The van der Waals surface area contributed by atoms with E-state index in [1.165, 1.54) is 6.07 Å². The second-order valence-corrected chi connectivity index (χ2v) is 5.64. The summed E-state index contributed by atoms with van der Waals surface area (Å²) in [4.78, 5) is 0.0512. The van der Waals surface area contributed by atoms with Crippen LogP contribution >= 0.6 is 0 Å². The van der Waals surface area contributed by atoms with Crippen molar-refractivity contribution in [1.82, 2.24) is 4.72 Å². The van der Waals surface area contributed by atoms with Gasteiger partial charge in [-0.2, -0.15) is 0 Å². The third kappa shape index (κ3) is 3.81. The number of hydrogen-bond donors (Lipinski definition) is 2. The molecule has 1 unspecified atom stereocenters. The van der Waals surface area contributed by atoms with E-state index in [2.05, 4.69) is 4.72 Å². The lowest BCUT2D eigenvalue weighted by molar-refractivity contribution is 0.0799. The van der Waals surface area contributed by atoms with Crippen LogP contribution in [0.1, 0.15) is 25.4 Å². The van der Waals surface area contributed by atoms with Gasteiger partial charge in [-0.25, -0.2) is 13.1 Å². The van der Waals surface area contributed by atoms with Crippen molar-refractivity contribution in [3.63, 3.8) is 0 Å². The highest BCUT2D eigenvalue weighted by Gasteiger charge is 2.21. The first kappa shape index (κ1) is 15.2. The molecule has 0 spiro atoms. The summed E-state index contributed by atoms with van der Waals surface area (Å²) in [6.07, 6.45) is -0.200. The Morgan fingerprint density at radius 2 is 2.22 bits per heavy atom. The van der Waals surface area contributed by atoms with E-state index in [0.717, 1.165) is 0 Å². The molecule has 0 aliphatic heterocycles. The second kappa shape index (κ2) is 6.33. The molecule has 1 rings (SSSR count). The zero-order valence-corrected chi connectivity index (χ0v) is 11.6. The van der Waals surface area contributed by atoms with Gasteiger partial charge in [0.15, 0.2) is 0 Å². The highest BCUT2D eigenvalue weighted by atomic mass is 32.2. The van der Waals surface area contributed by atoms with E-state index in [1.807, 2.05) is 6.92 Å². The summed E-state index contributed by atoms with van der Waals surface area (Å²) >= 11 is 0. The van der Waals surface area contributed by atoms with E-state index in [0.29, 0.717) is 6.61 Å². The Balaban J connectivity index is 2.76. The second-order valence-electron chi connectivity index (χ2n) is 3.91. The third-order valence-electron chi connectivity index (χ3n) is 2.38. The molecule has 0 fully saturated rings. The van der Waals surface area contributed by atoms with E-state index in [-0.39, 0.29) is 35.7 Å². The van der Waals surface area contributed by atoms with Gasteiger partial charge >= 0.3 is 0 Å². The van der Waals surface area contributed by atoms with Crippen molar-refractivity contribution in [3.05, 3.63) is 17.6 Å². The number of nitrogens with one attached hydrogen (secondary N) is 1. The summed E-state index contributed by atoms with van der Waals surface area (Å²) in [5, 5.41) is 8.90. The summed E-state index contributed by atoms with van der Waals surface area (Å²) in [6, 6.07) is 1.32. The number of sulfonamides is 1. The Labute approximate surface area is 107 Å². The van der Waals surface area contributed by atoms with Crippen molar-refractivity contribution in [2.45, 2.75) is 38.4 Å². The fourth-order valence-electron chi connectivity index (χ4n) is 1.52. The quantitative estimate of drug-likeness (QED) is 0.769. The molecular formula is C11H19NO5S. The van der Waals surface area contributed by atoms with E-state index < -0.39 is 10.0 Å². The molecule has 1 aromatic heterocycles. The Bertz CT molecular complexity index is 480. The van der Waals surface area contributed by atoms with Crippen LogP contribution < -0.4 is 4.72 Å². The standard InChI is InChI=1S/C11H19NO5S/c1-4-16-8(2)6-12-18(14,15)11-5-10(7-13)17-9(11)3/h5,8,12-13H,4,6-7H2,1-3H3. The SMILES string of the molecule is CCOC(C)CNS(=O)(=O)c1cc(CO)oc1C. The molecule has 0 bridgehead atoms. The smallest absolute Gasteiger partial charge is 0.244 e. The highest BCUT2D eigenvalue weighted by Crippen LogP contribution is 2.19. The highest BCUT2D eigenvalue weighted by molar-refractivity contribution is 7.89. The molecule has 1 atom stereocenters. The zero-order chi connectivity index (χ0) is 13.8. The molecular weight excluding hydrogens is 258 g/mol. The lowest BCUT2D eigenvalue weighted by Gasteiger charge is -2.12. The van der Waals surface area contributed by atoms with Gasteiger partial charge in [-0.15, -0.1) is 0 Å². The number of aliphatic hydroxyl groups is 1. The summed E-state index contributed by atoms with van der Waals surface area (Å²) in [5.74, 6) is 0.487. The van der Waals surface area contributed by atoms with Crippen molar-refractivity contribution in [1.29, 1.82) is 0 Å². The fraction of sp³-hybridized carbons (Fsp3) is 0.636. The summed E-state index contributed by atoms with van der Waals surface area (Å²) in [7, 11) is -3.63. The van der Waals surface area contributed by atoms with Gasteiger partial charge in [-0.05, 0) is 20.8 Å². The molecule has 0 radical (unpaired) electrons. The molecule has 2 N–H and O–H groups in total. The first-order valence-electron chi connectivity index (χ1n) is 5.72. The number of aliphatic hydroxyl groups excluding tert-OH is 1. The van der Waals surface area contributed by atoms with Gasteiger partial charge in [-0.3, -0.25) is 0 Å². The lowest BCUT2D eigenvalue weighted by Crippen LogP contribution is -2.32. The fourth-order valence-corrected chi connectivity index (χ4v) is 2.83. The van der Waals surface area contributed by atoms with Gasteiger partial charge in [0.05, 0.1) is 6.10 Å². The van der Waals surface area contributed by atoms with Crippen molar-refractivity contribution in [2.75, 3.05) is 13.2 Å². The van der Waals surface area contributed by atoms with Gasteiger partial charge in [0.1, 0.15) is 23.0 Å². The van der Waals surface area contributed by atoms with Gasteiger partial charge < -0.3 is 14.3 Å². The molecule has 18 heavy (non-hydrogen) atoms. The molecule has 0 aliphatic carbocycles. The minimum atomic E-state index is -3.63. The molecule has 0 amide bonds. The molecule has 0 aromatic carbocycles. The number of aryl methyl sites for hydroxylation is 1. The topological polar surface area (TPSA) is 88.8 Å². The average Bonchev–Trinajstić information content (AvgIpc) is 2.69. The maximum atomic E-state index is 12.0. The maximum Gasteiger partial charge on any atom is 0.244 e. The molecule has 1 heterocycles. The van der Waals surface area contributed by atoms with Crippen LogP contribution in [0.4, 0.5) is 0 Å². The van der Waals surface area contributed by atoms with Crippen LogP contribution in [0, 0.1) is 6.92 Å². The Hall–Kier alpha value is -0.890. The normalized spacial score (nSPS) is 13.8. The van der Waals surface area contributed by atoms with Crippen LogP contribution in [0.3, 0.4) is 0 Å². The van der Waals surface area contributed by atoms with E-state index in [1.54, 1.807) is 13.8 Å². The average molecular weight is 277 g/mol. The van der Waals surface area contributed by atoms with Gasteiger partial charge in [0, 0.05) is 19.2 Å². The summed E-state index contributed by atoms with van der Waals surface area (Å²) < 4.78 is 36.8. The van der Waals surface area contributed by atoms with Crippen LogP contribution in [0.2, 0.25) is 0 Å². The van der Waals surface area contributed by atoms with Gasteiger partial charge in [0.25, 0.3) is 0 Å². The molecule has 0 aliphatic rings. The predicted octanol–water partition coefficient (Wildman–Crippen LogP) is 0.784. The Kier molecular flexibility index (Phi) is 5.33. The van der Waals surface area contributed by atoms with Crippen LogP contribution in [-0.2, 0) is 21.4 Å². The first-order valence-corrected chi connectivity index (χ1v) is 7.20. The van der Waals surface area contributed by atoms with Crippen molar-refractivity contribution in [2.24, 2.45) is 0 Å². The van der Waals surface area contributed by atoms with Crippen molar-refractivity contribution in [3.8, 4) is 0 Å². The number of rotatable bonds is 7. The Morgan fingerprint density at radius 3 is 2.72 bits per heavy atom. The van der Waals surface area contributed by atoms with E-state index in [9.17, 15) is 8.42 Å². The molecule has 7 heteroatoms. The molecule has 0 saturated heterocycles. The molecule has 0 saturated carbocycles. The Morgan fingerprint density at radius 1 is 1.56 bits per heavy atom. The zero-order valence-electron chi connectivity index (χ0n) is 10.8. The van der Waals surface area contributed by atoms with Crippen LogP contribution in [0.5, 0.6) is 0 Å². The molecule has 6 nitrogen and oxygen atoms in total. The van der Waals surface area contributed by atoms with Gasteiger partial charge in [-0.1, -0.05) is 0 Å². The molecule has 104 valence electrons. The minimum Gasteiger partial charge on any atom is -0.462 e. The lowest BCUT2D eigenvalue weighted by atomic mass is 10.4. The number of furan rings is 1. The van der Waals surface area contributed by atoms with Crippen molar-refractivity contribution < 1.29 is 22.7 Å². The monoisotopic (exact) mass is 277 g/mol. The predicted molar refractivity (Wildman–Crippen MR) is 65.6 cm³/mol. The van der Waals surface area contributed by atoms with E-state index in [4.69, 9.17) is 14.3 Å². The molecule has 1 aromatic rings. The van der Waals surface area contributed by atoms with Crippen LogP contribution in [0.25, 0.3) is 0 Å². The minimum absolute atomic E-state index is 0.0512. The largest absolute Gasteiger partial charge is 0.462 e. The number of ether oxygens (including phenoxy) is 1. The number of hydrogen-bond acceptors (Lipinski definition) is 5. The van der Waals surface area contributed by atoms with Gasteiger partial charge in [0.2, 0.25) is 10.0 Å². The summed E-state index contributed by atoms with van der Waals surface area (Å²) in [5.41, 5.74) is 0. The van der Waals surface area contributed by atoms with E-state index >= 15 is 0 Å².